The van der Waals surface area contributed by atoms with Crippen molar-refractivity contribution < 1.29 is 4.79 Å². The van der Waals surface area contributed by atoms with Gasteiger partial charge in [-0.2, -0.15) is 0 Å². The molecule has 1 heterocycles. The minimum atomic E-state index is -0.135. The maximum Gasteiger partial charge on any atom is 0.250 e. The molecule has 1 aromatic carbocycles. The van der Waals surface area contributed by atoms with Crippen molar-refractivity contribution in [2.24, 2.45) is 5.92 Å². The zero-order valence-electron chi connectivity index (χ0n) is 13.2. The molecule has 1 aliphatic carbocycles. The molecule has 0 spiro atoms. The second-order valence-corrected chi connectivity index (χ2v) is 6.22. The van der Waals surface area contributed by atoms with Crippen LogP contribution in [0, 0.1) is 5.92 Å². The van der Waals surface area contributed by atoms with Gasteiger partial charge in [0.2, 0.25) is 5.91 Å². The Morgan fingerprint density at radius 1 is 1.09 bits per heavy atom. The third-order valence-corrected chi connectivity index (χ3v) is 4.48. The third kappa shape index (κ3) is 4.09. The normalized spacial score (nSPS) is 14.3. The van der Waals surface area contributed by atoms with Crippen LogP contribution in [0.25, 0.3) is 0 Å². The average molecular weight is 310 g/mol. The summed E-state index contributed by atoms with van der Waals surface area (Å²) >= 11 is 0. The highest BCUT2D eigenvalue weighted by atomic mass is 16.2. The number of rotatable bonds is 6. The summed E-state index contributed by atoms with van der Waals surface area (Å²) in [6.45, 7) is 1.51. The second-order valence-electron chi connectivity index (χ2n) is 6.22. The average Bonchev–Trinajstić information content (AvgIpc) is 2.52. The van der Waals surface area contributed by atoms with E-state index >= 15 is 0 Å². The van der Waals surface area contributed by atoms with Crippen molar-refractivity contribution in [3.63, 3.8) is 0 Å². The van der Waals surface area contributed by atoms with Gasteiger partial charge in [-0.05, 0) is 30.4 Å². The van der Waals surface area contributed by atoms with Crippen LogP contribution in [-0.4, -0.2) is 21.9 Å². The molecule has 1 saturated carbocycles. The largest absolute Gasteiger partial charge is 0.337 e. The van der Waals surface area contributed by atoms with E-state index in [4.69, 9.17) is 0 Å². The summed E-state index contributed by atoms with van der Waals surface area (Å²) in [5, 5.41) is 0. The fraction of sp³-hybridized carbons (Fsp3) is 0.368. The van der Waals surface area contributed by atoms with Gasteiger partial charge in [0.1, 0.15) is 6.54 Å². The van der Waals surface area contributed by atoms with Crippen LogP contribution in [0.2, 0.25) is 0 Å². The molecular formula is C19H22N2O2. The summed E-state index contributed by atoms with van der Waals surface area (Å²) in [6.07, 6.45) is 5.33. The van der Waals surface area contributed by atoms with E-state index in [9.17, 15) is 9.59 Å². The van der Waals surface area contributed by atoms with Gasteiger partial charge in [0.05, 0.1) is 0 Å². The zero-order chi connectivity index (χ0) is 16.1. The molecule has 1 amide bonds. The molecule has 0 saturated heterocycles. The summed E-state index contributed by atoms with van der Waals surface area (Å²) in [7, 11) is 0. The molecular weight excluding hydrogens is 288 g/mol. The Bertz CT molecular complexity index is 705. The van der Waals surface area contributed by atoms with E-state index in [1.807, 2.05) is 35.2 Å². The Morgan fingerprint density at radius 2 is 1.83 bits per heavy atom. The van der Waals surface area contributed by atoms with E-state index in [0.717, 1.165) is 12.1 Å². The number of pyridine rings is 1. The highest BCUT2D eigenvalue weighted by Crippen LogP contribution is 2.27. The molecule has 1 aromatic heterocycles. The zero-order valence-corrected chi connectivity index (χ0v) is 13.2. The molecule has 4 heteroatoms. The number of hydrogen-bond donors (Lipinski definition) is 0. The van der Waals surface area contributed by atoms with Gasteiger partial charge in [-0.25, -0.2) is 0 Å². The molecule has 1 fully saturated rings. The standard InChI is InChI=1S/C19H22N2O2/c22-18-11-4-5-12-20(18)15-19(23)21(14-17-9-6-10-17)13-16-7-2-1-3-8-16/h1-5,7-8,11-12,17H,6,9-10,13-15H2. The fourth-order valence-electron chi connectivity index (χ4n) is 2.88. The van der Waals surface area contributed by atoms with Gasteiger partial charge in [0.25, 0.3) is 5.56 Å². The van der Waals surface area contributed by atoms with Crippen LogP contribution in [0.1, 0.15) is 24.8 Å². The van der Waals surface area contributed by atoms with E-state index in [0.29, 0.717) is 12.5 Å². The Labute approximate surface area is 136 Å². The van der Waals surface area contributed by atoms with Crippen molar-refractivity contribution in [3.05, 3.63) is 70.6 Å². The number of carbonyl (C=O) groups is 1. The van der Waals surface area contributed by atoms with Gasteiger partial charge >= 0.3 is 0 Å². The Balaban J connectivity index is 1.72. The lowest BCUT2D eigenvalue weighted by Crippen LogP contribution is -2.40. The van der Waals surface area contributed by atoms with Crippen LogP contribution in [-0.2, 0) is 17.9 Å². The molecule has 3 rings (SSSR count). The Morgan fingerprint density at radius 3 is 2.48 bits per heavy atom. The number of aromatic nitrogens is 1. The van der Waals surface area contributed by atoms with E-state index in [1.165, 1.54) is 29.9 Å². The minimum Gasteiger partial charge on any atom is -0.337 e. The van der Waals surface area contributed by atoms with Crippen LogP contribution in [0.5, 0.6) is 0 Å². The summed E-state index contributed by atoms with van der Waals surface area (Å²) in [5.41, 5.74) is 0.990. The van der Waals surface area contributed by atoms with E-state index < -0.39 is 0 Å². The van der Waals surface area contributed by atoms with Crippen molar-refractivity contribution in [1.29, 1.82) is 0 Å². The molecule has 0 atom stereocenters. The van der Waals surface area contributed by atoms with Crippen molar-refractivity contribution >= 4 is 5.91 Å². The van der Waals surface area contributed by atoms with E-state index in [-0.39, 0.29) is 18.0 Å². The highest BCUT2D eigenvalue weighted by molar-refractivity contribution is 5.76. The smallest absolute Gasteiger partial charge is 0.250 e. The van der Waals surface area contributed by atoms with E-state index in [1.54, 1.807) is 18.3 Å². The van der Waals surface area contributed by atoms with Crippen LogP contribution >= 0.6 is 0 Å². The lowest BCUT2D eigenvalue weighted by Gasteiger charge is -2.32. The third-order valence-electron chi connectivity index (χ3n) is 4.48. The topological polar surface area (TPSA) is 42.3 Å². The molecule has 0 radical (unpaired) electrons. The molecule has 23 heavy (non-hydrogen) atoms. The first-order valence-electron chi connectivity index (χ1n) is 8.19. The van der Waals surface area contributed by atoms with Gasteiger partial charge in [0.15, 0.2) is 0 Å². The van der Waals surface area contributed by atoms with Crippen LogP contribution in [0.4, 0.5) is 0 Å². The predicted octanol–water partition coefficient (Wildman–Crippen LogP) is 2.68. The number of carbonyl (C=O) groups excluding carboxylic acids is 1. The number of hydrogen-bond acceptors (Lipinski definition) is 2. The first-order chi connectivity index (χ1) is 11.2. The quantitative estimate of drug-likeness (QED) is 0.823. The Hall–Kier alpha value is -2.36. The summed E-state index contributed by atoms with van der Waals surface area (Å²) in [5.74, 6) is 0.615. The molecule has 0 N–H and O–H groups in total. The monoisotopic (exact) mass is 310 g/mol. The fourth-order valence-corrected chi connectivity index (χ4v) is 2.88. The SMILES string of the molecule is O=C(Cn1ccccc1=O)N(Cc1ccccc1)CC1CCC1. The summed E-state index contributed by atoms with van der Waals surface area (Å²) in [6, 6.07) is 15.0. The first-order valence-corrected chi connectivity index (χ1v) is 8.19. The highest BCUT2D eigenvalue weighted by Gasteiger charge is 2.24. The van der Waals surface area contributed by atoms with E-state index in [2.05, 4.69) is 0 Å². The summed E-state index contributed by atoms with van der Waals surface area (Å²) in [4.78, 5) is 26.4. The molecule has 4 nitrogen and oxygen atoms in total. The lowest BCUT2D eigenvalue weighted by molar-refractivity contribution is -0.133. The number of benzene rings is 1. The van der Waals surface area contributed by atoms with Gasteiger partial charge in [-0.15, -0.1) is 0 Å². The van der Waals surface area contributed by atoms with Crippen molar-refractivity contribution in [3.8, 4) is 0 Å². The number of amides is 1. The minimum absolute atomic E-state index is 0.00838. The van der Waals surface area contributed by atoms with Crippen LogP contribution in [0.3, 0.4) is 0 Å². The molecule has 0 bridgehead atoms. The molecule has 0 unspecified atom stereocenters. The van der Waals surface area contributed by atoms with Gasteiger partial charge in [0, 0.05) is 25.4 Å². The second kappa shape index (κ2) is 7.27. The molecule has 0 aliphatic heterocycles. The van der Waals surface area contributed by atoms with Crippen molar-refractivity contribution in [1.82, 2.24) is 9.47 Å². The van der Waals surface area contributed by atoms with Gasteiger partial charge in [-0.3, -0.25) is 9.59 Å². The molecule has 1 aliphatic rings. The Kier molecular flexibility index (Phi) is 4.91. The van der Waals surface area contributed by atoms with Crippen LogP contribution < -0.4 is 5.56 Å². The lowest BCUT2D eigenvalue weighted by atomic mass is 9.85. The van der Waals surface area contributed by atoms with Crippen molar-refractivity contribution in [2.75, 3.05) is 6.54 Å². The van der Waals surface area contributed by atoms with Gasteiger partial charge in [-0.1, -0.05) is 42.8 Å². The molecule has 2 aromatic rings. The maximum absolute atomic E-state index is 12.7. The number of nitrogens with zero attached hydrogens (tertiary/aromatic N) is 2. The van der Waals surface area contributed by atoms with Crippen molar-refractivity contribution in [2.45, 2.75) is 32.4 Å². The van der Waals surface area contributed by atoms with Gasteiger partial charge < -0.3 is 9.47 Å². The maximum atomic E-state index is 12.7. The first kappa shape index (κ1) is 15.5. The predicted molar refractivity (Wildman–Crippen MR) is 89.9 cm³/mol. The van der Waals surface area contributed by atoms with Crippen LogP contribution in [0.15, 0.2) is 59.5 Å². The molecule has 120 valence electrons. The summed E-state index contributed by atoms with van der Waals surface area (Å²) < 4.78 is 1.47.